The molecule has 8 heteroatoms. The number of methoxy groups -OCH3 is 1. The molecule has 0 radical (unpaired) electrons. The van der Waals surface area contributed by atoms with Crippen molar-refractivity contribution >= 4 is 17.3 Å². The number of hydrogen-bond donors (Lipinski definition) is 1. The molecular weight excluding hydrogens is 271 g/mol. The van der Waals surface area contributed by atoms with Crippen LogP contribution in [0.2, 0.25) is 0 Å². The first kappa shape index (κ1) is 15.7. The molecule has 0 fully saturated rings. The van der Waals surface area contributed by atoms with Crippen molar-refractivity contribution in [1.29, 1.82) is 0 Å². The summed E-state index contributed by atoms with van der Waals surface area (Å²) in [4.78, 5) is 22.4. The summed E-state index contributed by atoms with van der Waals surface area (Å²) in [6.07, 6.45) is -0.176. The Morgan fingerprint density at radius 1 is 1.55 bits per heavy atom. The van der Waals surface area contributed by atoms with Crippen molar-refractivity contribution in [3.63, 3.8) is 0 Å². The molecule has 7 nitrogen and oxygen atoms in total. The van der Waals surface area contributed by atoms with Crippen LogP contribution in [0.5, 0.6) is 5.75 Å². The van der Waals surface area contributed by atoms with Gasteiger partial charge in [0, 0.05) is 19.2 Å². The summed E-state index contributed by atoms with van der Waals surface area (Å²) in [5.41, 5.74) is -0.285. The van der Waals surface area contributed by atoms with Crippen LogP contribution in [0.15, 0.2) is 12.1 Å². The Morgan fingerprint density at radius 2 is 2.20 bits per heavy atom. The highest BCUT2D eigenvalue weighted by Gasteiger charge is 2.23. The number of aliphatic carboxylic acids is 1. The lowest BCUT2D eigenvalue weighted by Gasteiger charge is -2.22. The molecule has 1 aromatic carbocycles. The number of ether oxygens (including phenoxy) is 1. The molecule has 0 heterocycles. The van der Waals surface area contributed by atoms with Gasteiger partial charge in [0.15, 0.2) is 11.6 Å². The van der Waals surface area contributed by atoms with Gasteiger partial charge in [0.05, 0.1) is 24.5 Å². The van der Waals surface area contributed by atoms with Crippen LogP contribution < -0.4 is 9.64 Å². The van der Waals surface area contributed by atoms with Crippen molar-refractivity contribution in [2.24, 2.45) is 0 Å². The lowest BCUT2D eigenvalue weighted by molar-refractivity contribution is -0.384. The van der Waals surface area contributed by atoms with Gasteiger partial charge < -0.3 is 14.7 Å². The number of carboxylic acid groups (broad SMARTS) is 1. The monoisotopic (exact) mass is 286 g/mol. The fourth-order valence-corrected chi connectivity index (χ4v) is 1.77. The van der Waals surface area contributed by atoms with E-state index in [9.17, 15) is 19.3 Å². The standard InChI is InChI=1S/C12H15FN2O5/c1-3-14(5-4-12(16)17)9-7-11(20-2)8(13)6-10(9)15(18)19/h6-7H,3-5H2,1-2H3,(H,16,17). The number of carboxylic acids is 1. The number of halogens is 1. The lowest BCUT2D eigenvalue weighted by atomic mass is 10.2. The van der Waals surface area contributed by atoms with Crippen molar-refractivity contribution in [3.8, 4) is 5.75 Å². The van der Waals surface area contributed by atoms with Gasteiger partial charge in [-0.2, -0.15) is 0 Å². The van der Waals surface area contributed by atoms with Crippen LogP contribution in [-0.4, -0.2) is 36.2 Å². The maximum Gasteiger partial charge on any atom is 0.305 e. The van der Waals surface area contributed by atoms with Crippen LogP contribution >= 0.6 is 0 Å². The lowest BCUT2D eigenvalue weighted by Crippen LogP contribution is -2.26. The molecule has 1 rings (SSSR count). The first-order valence-corrected chi connectivity index (χ1v) is 5.89. The molecule has 0 amide bonds. The van der Waals surface area contributed by atoms with Crippen LogP contribution in [0.25, 0.3) is 0 Å². The molecule has 110 valence electrons. The van der Waals surface area contributed by atoms with E-state index in [-0.39, 0.29) is 24.4 Å². The first-order valence-electron chi connectivity index (χ1n) is 5.89. The number of carbonyl (C=O) groups is 1. The van der Waals surface area contributed by atoms with E-state index < -0.39 is 22.4 Å². The molecule has 0 aliphatic heterocycles. The van der Waals surface area contributed by atoms with Crippen molar-refractivity contribution in [3.05, 3.63) is 28.1 Å². The molecule has 0 aliphatic carbocycles. The minimum absolute atomic E-state index is 0.0848. The Kier molecular flexibility index (Phi) is 5.24. The van der Waals surface area contributed by atoms with E-state index >= 15 is 0 Å². The minimum Gasteiger partial charge on any atom is -0.494 e. The van der Waals surface area contributed by atoms with Gasteiger partial charge in [-0.15, -0.1) is 0 Å². The van der Waals surface area contributed by atoms with Gasteiger partial charge in [0.25, 0.3) is 5.69 Å². The number of hydrogen-bond acceptors (Lipinski definition) is 5. The fraction of sp³-hybridized carbons (Fsp3) is 0.417. The van der Waals surface area contributed by atoms with Gasteiger partial charge in [-0.05, 0) is 6.92 Å². The molecule has 0 spiro atoms. The minimum atomic E-state index is -1.01. The van der Waals surface area contributed by atoms with Crippen LogP contribution in [0.1, 0.15) is 13.3 Å². The normalized spacial score (nSPS) is 10.2. The van der Waals surface area contributed by atoms with Gasteiger partial charge >= 0.3 is 5.97 Å². The number of anilines is 1. The molecule has 0 aromatic heterocycles. The Bertz CT molecular complexity index is 521. The quantitative estimate of drug-likeness (QED) is 0.609. The van der Waals surface area contributed by atoms with E-state index in [1.807, 2.05) is 0 Å². The number of benzene rings is 1. The van der Waals surface area contributed by atoms with E-state index in [0.29, 0.717) is 6.54 Å². The average Bonchev–Trinajstić information content (AvgIpc) is 2.39. The Morgan fingerprint density at radius 3 is 2.65 bits per heavy atom. The summed E-state index contributed by atoms with van der Waals surface area (Å²) >= 11 is 0. The SMILES string of the molecule is CCN(CCC(=O)O)c1cc(OC)c(F)cc1[N+](=O)[O-]. The summed E-state index contributed by atoms with van der Waals surface area (Å²) in [7, 11) is 1.25. The molecule has 1 aromatic rings. The summed E-state index contributed by atoms with van der Waals surface area (Å²) in [5, 5.41) is 19.7. The second-order valence-corrected chi connectivity index (χ2v) is 3.96. The summed E-state index contributed by atoms with van der Waals surface area (Å²) in [5.74, 6) is -1.98. The Balaban J connectivity index is 3.23. The van der Waals surface area contributed by atoms with Crippen molar-refractivity contribution in [2.75, 3.05) is 25.1 Å². The number of nitrogens with zero attached hydrogens (tertiary/aromatic N) is 2. The molecular formula is C12H15FN2O5. The van der Waals surface area contributed by atoms with Crippen molar-refractivity contribution in [1.82, 2.24) is 0 Å². The summed E-state index contributed by atoms with van der Waals surface area (Å²) in [6.45, 7) is 2.16. The highest BCUT2D eigenvalue weighted by Crippen LogP contribution is 2.34. The zero-order valence-electron chi connectivity index (χ0n) is 11.1. The highest BCUT2D eigenvalue weighted by atomic mass is 19.1. The van der Waals surface area contributed by atoms with Crippen molar-refractivity contribution in [2.45, 2.75) is 13.3 Å². The van der Waals surface area contributed by atoms with Gasteiger partial charge in [-0.25, -0.2) is 4.39 Å². The second-order valence-electron chi connectivity index (χ2n) is 3.96. The Hall–Kier alpha value is -2.38. The second kappa shape index (κ2) is 6.69. The molecule has 20 heavy (non-hydrogen) atoms. The Labute approximate surface area is 114 Å². The maximum atomic E-state index is 13.5. The van der Waals surface area contributed by atoms with E-state index in [2.05, 4.69) is 0 Å². The van der Waals surface area contributed by atoms with Crippen LogP contribution in [0, 0.1) is 15.9 Å². The highest BCUT2D eigenvalue weighted by molar-refractivity contribution is 5.70. The number of nitro benzene ring substituents is 1. The molecule has 0 atom stereocenters. The number of nitro groups is 1. The molecule has 1 N–H and O–H groups in total. The predicted octanol–water partition coefficient (Wildman–Crippen LogP) is 2.04. The van der Waals surface area contributed by atoms with Crippen LogP contribution in [-0.2, 0) is 4.79 Å². The zero-order chi connectivity index (χ0) is 15.3. The molecule has 0 bridgehead atoms. The van der Waals surface area contributed by atoms with E-state index in [1.165, 1.54) is 18.1 Å². The fourth-order valence-electron chi connectivity index (χ4n) is 1.77. The third-order valence-corrected chi connectivity index (χ3v) is 2.76. The summed E-state index contributed by atoms with van der Waals surface area (Å²) < 4.78 is 18.3. The van der Waals surface area contributed by atoms with Crippen LogP contribution in [0.4, 0.5) is 15.8 Å². The van der Waals surface area contributed by atoms with Crippen LogP contribution in [0.3, 0.4) is 0 Å². The topological polar surface area (TPSA) is 92.9 Å². The smallest absolute Gasteiger partial charge is 0.305 e. The summed E-state index contributed by atoms with van der Waals surface area (Å²) in [6, 6.07) is 1.98. The largest absolute Gasteiger partial charge is 0.494 e. The molecule has 0 unspecified atom stereocenters. The predicted molar refractivity (Wildman–Crippen MR) is 69.7 cm³/mol. The van der Waals surface area contributed by atoms with Gasteiger partial charge in [0.2, 0.25) is 0 Å². The molecule has 0 saturated carbocycles. The van der Waals surface area contributed by atoms with E-state index in [0.717, 1.165) is 6.07 Å². The average molecular weight is 286 g/mol. The van der Waals surface area contributed by atoms with E-state index in [4.69, 9.17) is 9.84 Å². The van der Waals surface area contributed by atoms with Gasteiger partial charge in [-0.3, -0.25) is 14.9 Å². The van der Waals surface area contributed by atoms with Crippen molar-refractivity contribution < 1.29 is 24.0 Å². The zero-order valence-corrected chi connectivity index (χ0v) is 11.1. The van der Waals surface area contributed by atoms with Gasteiger partial charge in [-0.1, -0.05) is 0 Å². The molecule has 0 aliphatic rings. The number of rotatable bonds is 7. The third kappa shape index (κ3) is 3.56. The molecule has 0 saturated heterocycles. The first-order chi connectivity index (χ1) is 9.40. The maximum absolute atomic E-state index is 13.5. The van der Waals surface area contributed by atoms with E-state index in [1.54, 1.807) is 6.92 Å². The third-order valence-electron chi connectivity index (χ3n) is 2.76. The van der Waals surface area contributed by atoms with Gasteiger partial charge in [0.1, 0.15) is 5.69 Å².